The van der Waals surface area contributed by atoms with E-state index in [1.54, 1.807) is 0 Å². The average Bonchev–Trinajstić information content (AvgIpc) is 3.28. The third-order valence-electron chi connectivity index (χ3n) is 4.11. The summed E-state index contributed by atoms with van der Waals surface area (Å²) in [5.41, 5.74) is 2.51. The van der Waals surface area contributed by atoms with E-state index in [0.717, 1.165) is 43.8 Å². The number of Topliss-reactive ketones (excluding diaryl/α,β-unsaturated/α-hetero) is 1. The zero-order valence-corrected chi connectivity index (χ0v) is 11.4. The number of benzene rings is 1. The van der Waals surface area contributed by atoms with Gasteiger partial charge in [-0.1, -0.05) is 37.1 Å². The van der Waals surface area contributed by atoms with E-state index in [-0.39, 0.29) is 0 Å². The first-order valence-electron chi connectivity index (χ1n) is 7.51. The van der Waals surface area contributed by atoms with E-state index in [9.17, 15) is 4.79 Å². The largest absolute Gasteiger partial charge is 0.373 e. The predicted octanol–water partition coefficient (Wildman–Crippen LogP) is 3.32. The second-order valence-electron chi connectivity index (χ2n) is 6.01. The Morgan fingerprint density at radius 1 is 1.11 bits per heavy atom. The number of carbonyl (C=O) groups is 1. The maximum Gasteiger partial charge on any atom is 0.137 e. The molecule has 1 aliphatic carbocycles. The molecule has 2 fully saturated rings. The Balaban J connectivity index is 1.42. The Morgan fingerprint density at radius 3 is 2.42 bits per heavy atom. The van der Waals surface area contributed by atoms with Crippen molar-refractivity contribution in [1.82, 2.24) is 0 Å². The number of hydrogen-bond donors (Lipinski definition) is 0. The van der Waals surface area contributed by atoms with Crippen molar-refractivity contribution < 1.29 is 9.53 Å². The summed E-state index contributed by atoms with van der Waals surface area (Å²) in [7, 11) is 0. The van der Waals surface area contributed by atoms with Crippen LogP contribution in [0.1, 0.15) is 43.2 Å². The molecule has 0 N–H and O–H groups in total. The molecule has 2 aliphatic rings. The summed E-state index contributed by atoms with van der Waals surface area (Å²) in [5, 5.41) is 0. The van der Waals surface area contributed by atoms with Gasteiger partial charge in [-0.15, -0.1) is 0 Å². The highest BCUT2D eigenvalue weighted by atomic mass is 16.6. The van der Waals surface area contributed by atoms with Crippen molar-refractivity contribution in [3.63, 3.8) is 0 Å². The Morgan fingerprint density at radius 2 is 1.79 bits per heavy atom. The fourth-order valence-corrected chi connectivity index (χ4v) is 2.47. The number of aryl methyl sites for hydroxylation is 1. The van der Waals surface area contributed by atoms with E-state index in [2.05, 4.69) is 24.3 Å². The fraction of sp³-hybridized carbons (Fsp3) is 0.588. The maximum atomic E-state index is 11.8. The fourth-order valence-electron chi connectivity index (χ4n) is 2.47. The lowest BCUT2D eigenvalue weighted by Crippen LogP contribution is -2.03. The molecule has 1 aromatic carbocycles. The molecule has 0 bridgehead atoms. The van der Waals surface area contributed by atoms with Gasteiger partial charge in [-0.2, -0.15) is 0 Å². The van der Waals surface area contributed by atoms with Crippen LogP contribution in [0.4, 0.5) is 0 Å². The molecule has 1 saturated carbocycles. The molecule has 3 rings (SSSR count). The molecule has 0 aromatic heterocycles. The van der Waals surface area contributed by atoms with E-state index in [4.69, 9.17) is 4.74 Å². The summed E-state index contributed by atoms with van der Waals surface area (Å²) in [4.78, 5) is 11.8. The van der Waals surface area contributed by atoms with Crippen LogP contribution in [0.5, 0.6) is 0 Å². The van der Waals surface area contributed by atoms with Gasteiger partial charge in [0.2, 0.25) is 0 Å². The third-order valence-corrected chi connectivity index (χ3v) is 4.11. The van der Waals surface area contributed by atoms with Crippen LogP contribution in [0.15, 0.2) is 24.3 Å². The normalized spacial score (nSPS) is 21.4. The first kappa shape index (κ1) is 12.9. The monoisotopic (exact) mass is 258 g/mol. The summed E-state index contributed by atoms with van der Waals surface area (Å²) in [6.45, 7) is 0.938. The molecule has 1 aliphatic heterocycles. The molecule has 19 heavy (non-hydrogen) atoms. The molecule has 1 saturated heterocycles. The Bertz CT molecular complexity index is 427. The van der Waals surface area contributed by atoms with Crippen LogP contribution in [-0.2, 0) is 22.4 Å². The van der Waals surface area contributed by atoms with Crippen LogP contribution in [-0.4, -0.2) is 18.5 Å². The van der Waals surface area contributed by atoms with E-state index in [1.807, 2.05) is 0 Å². The van der Waals surface area contributed by atoms with Gasteiger partial charge >= 0.3 is 0 Å². The Hall–Kier alpha value is -1.15. The lowest BCUT2D eigenvalue weighted by Gasteiger charge is -2.03. The summed E-state index contributed by atoms with van der Waals surface area (Å²) >= 11 is 0. The molecule has 1 aromatic rings. The van der Waals surface area contributed by atoms with E-state index >= 15 is 0 Å². The summed E-state index contributed by atoms with van der Waals surface area (Å²) < 4.78 is 5.21. The van der Waals surface area contributed by atoms with Gasteiger partial charge in [0.05, 0.1) is 12.7 Å². The van der Waals surface area contributed by atoms with Gasteiger partial charge in [-0.25, -0.2) is 0 Å². The molecule has 0 spiro atoms. The summed E-state index contributed by atoms with van der Waals surface area (Å²) in [5.74, 6) is 1.25. The topological polar surface area (TPSA) is 29.6 Å². The van der Waals surface area contributed by atoms with Crippen molar-refractivity contribution >= 4 is 5.78 Å². The highest BCUT2D eigenvalue weighted by Gasteiger charge is 2.22. The van der Waals surface area contributed by atoms with Crippen molar-refractivity contribution in [3.05, 3.63) is 35.4 Å². The predicted molar refractivity (Wildman–Crippen MR) is 75.2 cm³/mol. The molecule has 0 amide bonds. The number of hydrogen-bond acceptors (Lipinski definition) is 2. The van der Waals surface area contributed by atoms with E-state index in [1.165, 1.54) is 18.4 Å². The minimum absolute atomic E-state index is 0.394. The zero-order valence-electron chi connectivity index (χ0n) is 11.4. The average molecular weight is 258 g/mol. The van der Waals surface area contributed by atoms with Gasteiger partial charge < -0.3 is 4.74 Å². The summed E-state index contributed by atoms with van der Waals surface area (Å²) in [6.07, 6.45) is 7.88. The third kappa shape index (κ3) is 4.46. The zero-order chi connectivity index (χ0) is 13.1. The molecule has 102 valence electrons. The smallest absolute Gasteiger partial charge is 0.137 e. The van der Waals surface area contributed by atoms with Crippen molar-refractivity contribution in [3.8, 4) is 0 Å². The molecule has 2 nitrogen and oxygen atoms in total. The number of epoxide rings is 1. The van der Waals surface area contributed by atoms with Crippen LogP contribution >= 0.6 is 0 Å². The standard InChI is InChI=1S/C17H22O2/c18-16(9-7-13-1-2-13)11-15-5-3-14(4-6-15)8-10-17-12-19-17/h3-6,13,17H,1-2,7-12H2. The van der Waals surface area contributed by atoms with E-state index in [0.29, 0.717) is 18.3 Å². The van der Waals surface area contributed by atoms with E-state index < -0.39 is 0 Å². The minimum atomic E-state index is 0.394. The van der Waals surface area contributed by atoms with Crippen molar-refractivity contribution in [2.24, 2.45) is 5.92 Å². The minimum Gasteiger partial charge on any atom is -0.373 e. The van der Waals surface area contributed by atoms with Crippen molar-refractivity contribution in [2.45, 2.75) is 51.0 Å². The highest BCUT2D eigenvalue weighted by molar-refractivity contribution is 5.80. The molecule has 0 radical (unpaired) electrons. The number of rotatable bonds is 8. The Labute approximate surface area is 115 Å². The van der Waals surface area contributed by atoms with Gasteiger partial charge in [0, 0.05) is 12.8 Å². The highest BCUT2D eigenvalue weighted by Crippen LogP contribution is 2.33. The lowest BCUT2D eigenvalue weighted by molar-refractivity contribution is -0.118. The van der Waals surface area contributed by atoms with Crippen LogP contribution in [0.25, 0.3) is 0 Å². The number of carbonyl (C=O) groups excluding carboxylic acids is 1. The first-order valence-corrected chi connectivity index (χ1v) is 7.51. The maximum absolute atomic E-state index is 11.8. The van der Waals surface area contributed by atoms with Gasteiger partial charge in [-0.05, 0) is 36.3 Å². The molecule has 1 atom stereocenters. The van der Waals surface area contributed by atoms with Crippen LogP contribution < -0.4 is 0 Å². The Kier molecular flexibility index (Phi) is 3.97. The van der Waals surface area contributed by atoms with Gasteiger partial charge in [0.1, 0.15) is 5.78 Å². The van der Waals surface area contributed by atoms with Crippen LogP contribution in [0, 0.1) is 5.92 Å². The molecule has 1 heterocycles. The first-order chi connectivity index (χ1) is 9.29. The van der Waals surface area contributed by atoms with Gasteiger partial charge in [0.15, 0.2) is 0 Å². The molecular weight excluding hydrogens is 236 g/mol. The molecule has 1 unspecified atom stereocenters. The quantitative estimate of drug-likeness (QED) is 0.669. The number of ether oxygens (including phenoxy) is 1. The van der Waals surface area contributed by atoms with Crippen LogP contribution in [0.2, 0.25) is 0 Å². The van der Waals surface area contributed by atoms with Crippen LogP contribution in [0.3, 0.4) is 0 Å². The van der Waals surface area contributed by atoms with Crippen molar-refractivity contribution in [2.75, 3.05) is 6.61 Å². The molecule has 2 heteroatoms. The van der Waals surface area contributed by atoms with Gasteiger partial charge in [0.25, 0.3) is 0 Å². The van der Waals surface area contributed by atoms with Crippen molar-refractivity contribution in [1.29, 1.82) is 0 Å². The lowest BCUT2D eigenvalue weighted by atomic mass is 10.0. The number of ketones is 1. The second-order valence-corrected chi connectivity index (χ2v) is 6.01. The summed E-state index contributed by atoms with van der Waals surface area (Å²) in [6, 6.07) is 8.54. The molecular formula is C17H22O2. The van der Waals surface area contributed by atoms with Gasteiger partial charge in [-0.3, -0.25) is 4.79 Å². The SMILES string of the molecule is O=C(CCC1CC1)Cc1ccc(CCC2CO2)cc1. The second kappa shape index (κ2) is 5.87.